The number of rotatable bonds is 5. The average molecular weight is 434 g/mol. The van der Waals surface area contributed by atoms with E-state index in [4.69, 9.17) is 0 Å². The molecule has 0 saturated carbocycles. The van der Waals surface area contributed by atoms with Crippen molar-refractivity contribution in [1.82, 2.24) is 20.0 Å². The number of alkyl halides is 6. The smallest absolute Gasteiger partial charge is 0.406 e. The van der Waals surface area contributed by atoms with Gasteiger partial charge in [-0.15, -0.1) is 13.2 Å². The number of carbonyl (C=O) groups excluding carboxylic acids is 1. The van der Waals surface area contributed by atoms with Crippen LogP contribution in [0.2, 0.25) is 0 Å². The summed E-state index contributed by atoms with van der Waals surface area (Å²) in [5.74, 6) is -2.64. The van der Waals surface area contributed by atoms with E-state index in [0.717, 1.165) is 17.1 Å². The first-order valence-corrected chi connectivity index (χ1v) is 8.76. The normalized spacial score (nSPS) is 17.7. The van der Waals surface area contributed by atoms with E-state index < -0.39 is 36.7 Å². The number of nitrogens with zero attached hydrogens (tertiary/aromatic N) is 4. The number of carbonyl (C=O) groups is 1. The maximum Gasteiger partial charge on any atom is 0.573 e. The molecule has 1 saturated heterocycles. The minimum Gasteiger partial charge on any atom is -0.406 e. The monoisotopic (exact) mass is 434 g/mol. The summed E-state index contributed by atoms with van der Waals surface area (Å²) < 4.78 is 79.9. The fraction of sp³-hybridized carbons (Fsp3) is 0.389. The first kappa shape index (κ1) is 21.8. The molecule has 0 N–H and O–H groups in total. The number of hydrogen-bond donors (Lipinski definition) is 0. The molecular weight excluding hydrogens is 418 g/mol. The van der Waals surface area contributed by atoms with Gasteiger partial charge in [-0.05, 0) is 24.1 Å². The van der Waals surface area contributed by atoms with Crippen LogP contribution in [0, 0.1) is 5.92 Å². The van der Waals surface area contributed by atoms with Crippen LogP contribution in [0.15, 0.2) is 43.0 Å². The molecule has 162 valence electrons. The average Bonchev–Trinajstić information content (AvgIpc) is 3.17. The topological polar surface area (TPSA) is 58.6 Å². The van der Waals surface area contributed by atoms with Crippen molar-refractivity contribution in [2.24, 2.45) is 5.92 Å². The summed E-state index contributed by atoms with van der Waals surface area (Å²) in [6.45, 7) is -0.554. The largest absolute Gasteiger partial charge is 0.573 e. The Morgan fingerprint density at radius 2 is 1.73 bits per heavy atom. The number of halogens is 6. The molecule has 1 aromatic carbocycles. The number of aromatic nitrogens is 2. The van der Waals surface area contributed by atoms with E-state index in [-0.39, 0.29) is 25.1 Å². The Morgan fingerprint density at radius 1 is 1.10 bits per heavy atom. The number of hydrazine groups is 1. The van der Waals surface area contributed by atoms with Crippen molar-refractivity contribution < 1.29 is 35.9 Å². The summed E-state index contributed by atoms with van der Waals surface area (Å²) in [7, 11) is 0. The standard InChI is InChI=1S/C18H16F6N4O2/c19-17(20,21)14-5-6-27(10-14)28(16(29)13-7-25-11-26-8-13)9-12-1-3-15(4-2-12)30-18(22,23)24/h1-4,7-8,11,14H,5-6,9-10H2. The third kappa shape index (κ3) is 5.59. The van der Waals surface area contributed by atoms with Gasteiger partial charge in [0.05, 0.1) is 18.0 Å². The molecule has 6 nitrogen and oxygen atoms in total. The van der Waals surface area contributed by atoms with Crippen LogP contribution in [0.5, 0.6) is 5.75 Å². The van der Waals surface area contributed by atoms with Gasteiger partial charge < -0.3 is 4.74 Å². The molecule has 1 amide bonds. The molecule has 0 aliphatic carbocycles. The molecule has 30 heavy (non-hydrogen) atoms. The fourth-order valence-electron chi connectivity index (χ4n) is 3.06. The zero-order valence-corrected chi connectivity index (χ0v) is 15.3. The third-order valence-corrected chi connectivity index (χ3v) is 4.50. The Labute approximate surface area is 167 Å². The Hall–Kier alpha value is -2.89. The SMILES string of the molecule is O=C(c1cncnc1)N(Cc1ccc(OC(F)(F)F)cc1)N1CCC(C(F)(F)F)C1. The Kier molecular flexibility index (Phi) is 6.15. The van der Waals surface area contributed by atoms with E-state index >= 15 is 0 Å². The van der Waals surface area contributed by atoms with Gasteiger partial charge in [0.2, 0.25) is 0 Å². The minimum absolute atomic E-state index is 0.00112. The molecule has 1 aliphatic rings. The van der Waals surface area contributed by atoms with Crippen molar-refractivity contribution in [3.05, 3.63) is 54.1 Å². The second-order valence-electron chi connectivity index (χ2n) is 6.62. The summed E-state index contributed by atoms with van der Waals surface area (Å²) in [4.78, 5) is 20.4. The van der Waals surface area contributed by atoms with Gasteiger partial charge in [-0.25, -0.2) is 15.0 Å². The second kappa shape index (κ2) is 8.46. The quantitative estimate of drug-likeness (QED) is 0.670. The molecular formula is C18H16F6N4O2. The van der Waals surface area contributed by atoms with Crippen LogP contribution in [0.3, 0.4) is 0 Å². The Morgan fingerprint density at radius 3 is 2.27 bits per heavy atom. The molecule has 0 spiro atoms. The number of benzene rings is 1. The van der Waals surface area contributed by atoms with E-state index in [9.17, 15) is 31.1 Å². The number of ether oxygens (including phenoxy) is 1. The second-order valence-corrected chi connectivity index (χ2v) is 6.62. The van der Waals surface area contributed by atoms with Crippen LogP contribution < -0.4 is 4.74 Å². The van der Waals surface area contributed by atoms with Gasteiger partial charge in [0, 0.05) is 25.5 Å². The predicted molar refractivity (Wildman–Crippen MR) is 90.8 cm³/mol. The van der Waals surface area contributed by atoms with Crippen molar-refractivity contribution in [3.8, 4) is 5.75 Å². The lowest BCUT2D eigenvalue weighted by Crippen LogP contribution is -2.45. The maximum absolute atomic E-state index is 13.1. The first-order chi connectivity index (χ1) is 14.0. The fourth-order valence-corrected chi connectivity index (χ4v) is 3.06. The molecule has 0 bridgehead atoms. The van der Waals surface area contributed by atoms with Gasteiger partial charge in [0.15, 0.2) is 0 Å². The van der Waals surface area contributed by atoms with Gasteiger partial charge >= 0.3 is 12.5 Å². The summed E-state index contributed by atoms with van der Waals surface area (Å²) in [5, 5.41) is 2.41. The predicted octanol–water partition coefficient (Wildman–Crippen LogP) is 3.82. The van der Waals surface area contributed by atoms with Gasteiger partial charge in [-0.3, -0.25) is 9.80 Å². The number of hydrogen-bond acceptors (Lipinski definition) is 5. The molecule has 0 radical (unpaired) electrons. The van der Waals surface area contributed by atoms with E-state index in [2.05, 4.69) is 14.7 Å². The van der Waals surface area contributed by atoms with Crippen LogP contribution >= 0.6 is 0 Å². The lowest BCUT2D eigenvalue weighted by molar-refractivity contribution is -0.274. The Bertz CT molecular complexity index is 858. The van der Waals surface area contributed by atoms with Gasteiger partial charge in [-0.1, -0.05) is 12.1 Å². The lowest BCUT2D eigenvalue weighted by atomic mass is 10.1. The van der Waals surface area contributed by atoms with Crippen molar-refractivity contribution in [1.29, 1.82) is 0 Å². The molecule has 12 heteroatoms. The minimum atomic E-state index is -4.85. The van der Waals surface area contributed by atoms with Crippen molar-refractivity contribution in [3.63, 3.8) is 0 Å². The summed E-state index contributed by atoms with van der Waals surface area (Å²) in [6, 6.07) is 4.75. The highest BCUT2D eigenvalue weighted by molar-refractivity contribution is 5.93. The highest BCUT2D eigenvalue weighted by atomic mass is 19.4. The van der Waals surface area contributed by atoms with Gasteiger partial charge in [0.1, 0.15) is 12.1 Å². The zero-order chi connectivity index (χ0) is 21.9. The molecule has 1 aliphatic heterocycles. The molecule has 1 atom stereocenters. The van der Waals surface area contributed by atoms with E-state index in [1.165, 1.54) is 35.9 Å². The van der Waals surface area contributed by atoms with Crippen LogP contribution in [0.25, 0.3) is 0 Å². The molecule has 2 heterocycles. The molecule has 1 unspecified atom stereocenters. The zero-order valence-electron chi connectivity index (χ0n) is 15.3. The van der Waals surface area contributed by atoms with E-state index in [1.807, 2.05) is 0 Å². The van der Waals surface area contributed by atoms with Crippen molar-refractivity contribution in [2.45, 2.75) is 25.5 Å². The summed E-state index contributed by atoms with van der Waals surface area (Å²) >= 11 is 0. The van der Waals surface area contributed by atoms with Crippen LogP contribution in [-0.2, 0) is 6.54 Å². The van der Waals surface area contributed by atoms with Crippen LogP contribution in [0.1, 0.15) is 22.3 Å². The van der Waals surface area contributed by atoms with Crippen LogP contribution in [0.4, 0.5) is 26.3 Å². The van der Waals surface area contributed by atoms with Crippen molar-refractivity contribution in [2.75, 3.05) is 13.1 Å². The molecule has 1 aromatic heterocycles. The molecule has 2 aromatic rings. The van der Waals surface area contributed by atoms with Gasteiger partial charge in [-0.2, -0.15) is 13.2 Å². The first-order valence-electron chi connectivity index (χ1n) is 8.76. The number of amides is 1. The van der Waals surface area contributed by atoms with E-state index in [0.29, 0.717) is 5.56 Å². The highest BCUT2D eigenvalue weighted by Crippen LogP contribution is 2.34. The van der Waals surface area contributed by atoms with E-state index in [1.54, 1.807) is 0 Å². The van der Waals surface area contributed by atoms with Crippen molar-refractivity contribution >= 4 is 5.91 Å². The van der Waals surface area contributed by atoms with Gasteiger partial charge in [0.25, 0.3) is 5.91 Å². The maximum atomic E-state index is 13.1. The Balaban J connectivity index is 1.80. The summed E-state index contributed by atoms with van der Waals surface area (Å²) in [6.07, 6.45) is -5.73. The molecule has 3 rings (SSSR count). The summed E-state index contributed by atoms with van der Waals surface area (Å²) in [5.41, 5.74) is 0.482. The highest BCUT2D eigenvalue weighted by Gasteiger charge is 2.45. The third-order valence-electron chi connectivity index (χ3n) is 4.50. The lowest BCUT2D eigenvalue weighted by Gasteiger charge is -2.32. The van der Waals surface area contributed by atoms with Crippen LogP contribution in [-0.4, -0.2) is 51.5 Å². The molecule has 1 fully saturated rings.